The van der Waals surface area contributed by atoms with Crippen LogP contribution in [-0.4, -0.2) is 41.2 Å². The van der Waals surface area contributed by atoms with Crippen LogP contribution in [0.5, 0.6) is 0 Å². The fourth-order valence-electron chi connectivity index (χ4n) is 5.45. The molecule has 4 aromatic carbocycles. The van der Waals surface area contributed by atoms with E-state index in [9.17, 15) is 14.4 Å². The van der Waals surface area contributed by atoms with Gasteiger partial charge in [-0.05, 0) is 61.0 Å². The van der Waals surface area contributed by atoms with Gasteiger partial charge in [0, 0.05) is 47.4 Å². The summed E-state index contributed by atoms with van der Waals surface area (Å²) >= 11 is 3.48. The molecule has 1 aliphatic heterocycles. The molecule has 0 radical (unpaired) electrons. The van der Waals surface area contributed by atoms with Gasteiger partial charge >= 0.3 is 0 Å². The normalized spacial score (nSPS) is 13.1. The molecule has 0 spiro atoms. The molecule has 0 aliphatic carbocycles. The van der Waals surface area contributed by atoms with Crippen molar-refractivity contribution in [1.29, 1.82) is 0 Å². The molecule has 1 aliphatic rings. The first-order valence-electron chi connectivity index (χ1n) is 14.0. The zero-order chi connectivity index (χ0) is 28.9. The Labute approximate surface area is 249 Å². The van der Waals surface area contributed by atoms with E-state index in [1.807, 2.05) is 105 Å². The van der Waals surface area contributed by atoms with Gasteiger partial charge in [-0.1, -0.05) is 82.7 Å². The van der Waals surface area contributed by atoms with Crippen molar-refractivity contribution in [3.05, 3.63) is 112 Å². The number of anilines is 1. The molecule has 4 aromatic rings. The lowest BCUT2D eigenvalue weighted by Crippen LogP contribution is -2.51. The van der Waals surface area contributed by atoms with Crippen molar-refractivity contribution >= 4 is 50.1 Å². The first kappa shape index (κ1) is 28.6. The molecule has 1 heterocycles. The summed E-state index contributed by atoms with van der Waals surface area (Å²) in [6, 6.07) is 28.6. The minimum atomic E-state index is -0.678. The molecular weight excluding hydrogens is 578 g/mol. The lowest BCUT2D eigenvalue weighted by molar-refractivity contribution is -0.141. The van der Waals surface area contributed by atoms with Crippen LogP contribution in [0.4, 0.5) is 5.69 Å². The fraction of sp³-hybridized carbons (Fsp3) is 0.265. The highest BCUT2D eigenvalue weighted by Gasteiger charge is 2.32. The van der Waals surface area contributed by atoms with Crippen molar-refractivity contribution in [3.63, 3.8) is 0 Å². The van der Waals surface area contributed by atoms with E-state index in [2.05, 4.69) is 21.2 Å². The summed E-state index contributed by atoms with van der Waals surface area (Å²) in [6.07, 6.45) is 1.10. The molecular formula is C34H34BrN3O3. The number of hydrogen-bond acceptors (Lipinski definition) is 3. The number of nitrogens with zero attached hydrogens (tertiary/aromatic N) is 2. The van der Waals surface area contributed by atoms with Crippen LogP contribution in [0.3, 0.4) is 0 Å². The van der Waals surface area contributed by atoms with Crippen molar-refractivity contribution in [2.24, 2.45) is 0 Å². The summed E-state index contributed by atoms with van der Waals surface area (Å²) in [6.45, 7) is 4.57. The quantitative estimate of drug-likeness (QED) is 0.210. The third kappa shape index (κ3) is 6.51. The van der Waals surface area contributed by atoms with Gasteiger partial charge in [0.15, 0.2) is 0 Å². The van der Waals surface area contributed by atoms with Gasteiger partial charge in [0.1, 0.15) is 6.04 Å². The third-order valence-electron chi connectivity index (χ3n) is 7.39. The first-order valence-corrected chi connectivity index (χ1v) is 14.8. The molecule has 1 N–H and O–H groups in total. The predicted octanol–water partition coefficient (Wildman–Crippen LogP) is 6.51. The molecule has 0 saturated heterocycles. The van der Waals surface area contributed by atoms with Crippen LogP contribution < -0.4 is 10.2 Å². The Morgan fingerprint density at radius 2 is 1.59 bits per heavy atom. The second-order valence-corrected chi connectivity index (χ2v) is 11.7. The van der Waals surface area contributed by atoms with Crippen molar-refractivity contribution < 1.29 is 14.4 Å². The monoisotopic (exact) mass is 611 g/mol. The zero-order valence-corrected chi connectivity index (χ0v) is 24.9. The highest BCUT2D eigenvalue weighted by atomic mass is 79.9. The zero-order valence-electron chi connectivity index (χ0n) is 23.3. The van der Waals surface area contributed by atoms with E-state index >= 15 is 0 Å². The van der Waals surface area contributed by atoms with Gasteiger partial charge in [-0.3, -0.25) is 14.4 Å². The van der Waals surface area contributed by atoms with Crippen molar-refractivity contribution in [1.82, 2.24) is 10.2 Å². The van der Waals surface area contributed by atoms with E-state index in [1.165, 1.54) is 0 Å². The van der Waals surface area contributed by atoms with Crippen LogP contribution in [0.15, 0.2) is 95.5 Å². The Hall–Kier alpha value is -3.97. The molecule has 0 fully saturated rings. The number of benzene rings is 4. The van der Waals surface area contributed by atoms with E-state index in [0.29, 0.717) is 31.5 Å². The summed E-state index contributed by atoms with van der Waals surface area (Å²) in [5, 5.41) is 5.03. The van der Waals surface area contributed by atoms with Crippen LogP contribution in [0, 0.1) is 0 Å². The van der Waals surface area contributed by atoms with Crippen LogP contribution >= 0.6 is 15.9 Å². The van der Waals surface area contributed by atoms with Crippen molar-refractivity contribution in [3.8, 4) is 0 Å². The van der Waals surface area contributed by atoms with E-state index in [0.717, 1.165) is 32.1 Å². The maximum atomic E-state index is 13.9. The molecule has 0 aromatic heterocycles. The average Bonchev–Trinajstić information content (AvgIpc) is 3.24. The van der Waals surface area contributed by atoms with Crippen molar-refractivity contribution in [2.75, 3.05) is 11.4 Å². The summed E-state index contributed by atoms with van der Waals surface area (Å²) in [7, 11) is 0. The van der Waals surface area contributed by atoms with Crippen LogP contribution in [0.25, 0.3) is 10.8 Å². The van der Waals surface area contributed by atoms with E-state index in [1.54, 1.807) is 9.80 Å². The largest absolute Gasteiger partial charge is 0.352 e. The molecule has 41 heavy (non-hydrogen) atoms. The maximum Gasteiger partial charge on any atom is 0.258 e. The molecule has 1 atom stereocenters. The van der Waals surface area contributed by atoms with Gasteiger partial charge in [0.05, 0.1) is 5.69 Å². The lowest BCUT2D eigenvalue weighted by Gasteiger charge is -2.32. The number of halogens is 1. The van der Waals surface area contributed by atoms with Gasteiger partial charge in [-0.25, -0.2) is 0 Å². The molecule has 0 bridgehead atoms. The minimum absolute atomic E-state index is 0.0331. The molecule has 3 amide bonds. The molecule has 0 saturated carbocycles. The Morgan fingerprint density at radius 1 is 0.878 bits per heavy atom. The predicted molar refractivity (Wildman–Crippen MR) is 167 cm³/mol. The van der Waals surface area contributed by atoms with Crippen LogP contribution in [0.1, 0.15) is 48.2 Å². The number of rotatable bonds is 11. The molecule has 210 valence electrons. The highest BCUT2D eigenvalue weighted by molar-refractivity contribution is 9.10. The maximum absolute atomic E-state index is 13.9. The Kier molecular flexibility index (Phi) is 8.84. The third-order valence-corrected chi connectivity index (χ3v) is 7.92. The molecule has 7 heteroatoms. The van der Waals surface area contributed by atoms with Gasteiger partial charge < -0.3 is 15.1 Å². The van der Waals surface area contributed by atoms with E-state index in [4.69, 9.17) is 0 Å². The minimum Gasteiger partial charge on any atom is -0.352 e. The number of carbonyl (C=O) groups is 3. The second-order valence-electron chi connectivity index (χ2n) is 10.8. The summed E-state index contributed by atoms with van der Waals surface area (Å²) in [4.78, 5) is 44.2. The van der Waals surface area contributed by atoms with Crippen molar-refractivity contribution in [2.45, 2.75) is 51.7 Å². The number of nitrogens with one attached hydrogen (secondary N) is 1. The Balaban J connectivity index is 1.37. The summed E-state index contributed by atoms with van der Waals surface area (Å²) in [5.41, 5.74) is 3.52. The number of hydrogen-bond donors (Lipinski definition) is 1. The number of amides is 3. The molecule has 6 nitrogen and oxygen atoms in total. The molecule has 0 unspecified atom stereocenters. The Morgan fingerprint density at radius 3 is 2.29 bits per heavy atom. The highest BCUT2D eigenvalue weighted by Crippen LogP contribution is 2.37. The second kappa shape index (κ2) is 12.7. The summed E-state index contributed by atoms with van der Waals surface area (Å²) < 4.78 is 0.948. The SMILES string of the molecule is CC(C)NC(=O)[C@H](Cc1ccccc1)N(Cc1ccc(Br)cc1)C(=O)CCCN1C(=O)c2cccc3cccc1c23. The Bertz CT molecular complexity index is 1550. The smallest absolute Gasteiger partial charge is 0.258 e. The standard InChI is InChI=1S/C34H34BrN3O3/c1-23(2)36-33(40)30(21-24-9-4-3-5-10-24)38(22-25-16-18-27(35)19-17-25)31(39)15-8-20-37-29-14-7-12-26-11-6-13-28(32(26)29)34(37)41/h3-7,9-14,16-19,23,30H,8,15,20-22H2,1-2H3,(H,36,40)/t30-/m0/s1. The van der Waals surface area contributed by atoms with Gasteiger partial charge in [-0.15, -0.1) is 0 Å². The van der Waals surface area contributed by atoms with Gasteiger partial charge in [0.25, 0.3) is 5.91 Å². The number of carbonyl (C=O) groups excluding carboxylic acids is 3. The van der Waals surface area contributed by atoms with E-state index in [-0.39, 0.29) is 30.2 Å². The van der Waals surface area contributed by atoms with Gasteiger partial charge in [-0.2, -0.15) is 0 Å². The van der Waals surface area contributed by atoms with Gasteiger partial charge in [0.2, 0.25) is 11.8 Å². The topological polar surface area (TPSA) is 69.7 Å². The first-order chi connectivity index (χ1) is 19.8. The van der Waals surface area contributed by atoms with E-state index < -0.39 is 6.04 Å². The summed E-state index contributed by atoms with van der Waals surface area (Å²) in [5.74, 6) is -0.324. The lowest BCUT2D eigenvalue weighted by atomic mass is 10.0. The van der Waals surface area contributed by atoms with Crippen LogP contribution in [0.2, 0.25) is 0 Å². The molecule has 5 rings (SSSR count). The fourth-order valence-corrected chi connectivity index (χ4v) is 5.72. The van der Waals surface area contributed by atoms with Crippen LogP contribution in [-0.2, 0) is 22.6 Å². The average molecular weight is 613 g/mol.